The number of carbonyl (C=O) groups excluding carboxylic acids is 1. The number of hydrogen-bond acceptors (Lipinski definition) is 3. The van der Waals surface area contributed by atoms with Crippen molar-refractivity contribution in [1.82, 2.24) is 10.2 Å². The summed E-state index contributed by atoms with van der Waals surface area (Å²) in [4.78, 5) is 15.4. The van der Waals surface area contributed by atoms with Gasteiger partial charge in [0.05, 0.1) is 6.54 Å². The van der Waals surface area contributed by atoms with Crippen molar-refractivity contribution in [3.8, 4) is 0 Å². The summed E-state index contributed by atoms with van der Waals surface area (Å²) in [6.45, 7) is 4.18. The van der Waals surface area contributed by atoms with Crippen LogP contribution in [-0.2, 0) is 11.3 Å². The van der Waals surface area contributed by atoms with E-state index in [2.05, 4.69) is 34.2 Å². The Hall–Kier alpha value is -1.07. The zero-order valence-electron chi connectivity index (χ0n) is 12.0. The molecule has 0 radical (unpaired) electrons. The standard InChI is InChI=1S/C14H22BrN3O/c1-5-16-9-11-8-12(15)6-7-13(11)18(4)10-14(19)17(2)3/h6-8,16H,5,9-10H2,1-4H3. The van der Waals surface area contributed by atoms with Crippen molar-refractivity contribution in [2.24, 2.45) is 0 Å². The van der Waals surface area contributed by atoms with E-state index in [4.69, 9.17) is 0 Å². The fourth-order valence-corrected chi connectivity index (χ4v) is 2.17. The van der Waals surface area contributed by atoms with Crippen LogP contribution in [0.25, 0.3) is 0 Å². The molecule has 1 amide bonds. The molecule has 5 heteroatoms. The number of nitrogens with one attached hydrogen (secondary N) is 1. The lowest BCUT2D eigenvalue weighted by Crippen LogP contribution is -2.35. The van der Waals surface area contributed by atoms with Crippen LogP contribution in [0.4, 0.5) is 5.69 Å². The molecule has 1 aromatic carbocycles. The first kappa shape index (κ1) is 16.0. The summed E-state index contributed by atoms with van der Waals surface area (Å²) in [7, 11) is 5.49. The smallest absolute Gasteiger partial charge is 0.241 e. The summed E-state index contributed by atoms with van der Waals surface area (Å²) in [5.74, 6) is 0.0971. The van der Waals surface area contributed by atoms with Gasteiger partial charge in [0.1, 0.15) is 0 Å². The molecular weight excluding hydrogens is 306 g/mol. The molecule has 4 nitrogen and oxygen atoms in total. The molecule has 0 unspecified atom stereocenters. The van der Waals surface area contributed by atoms with E-state index in [1.165, 1.54) is 5.56 Å². The third kappa shape index (κ3) is 4.84. The first-order valence-electron chi connectivity index (χ1n) is 6.36. The van der Waals surface area contributed by atoms with Gasteiger partial charge in [-0.25, -0.2) is 0 Å². The molecule has 106 valence electrons. The molecule has 0 fully saturated rings. The molecule has 0 saturated heterocycles. The van der Waals surface area contributed by atoms with Crippen LogP contribution in [0.1, 0.15) is 12.5 Å². The van der Waals surface area contributed by atoms with E-state index in [1.807, 2.05) is 24.1 Å². The Morgan fingerprint density at radius 2 is 2.00 bits per heavy atom. The minimum absolute atomic E-state index is 0.0971. The fraction of sp³-hybridized carbons (Fsp3) is 0.500. The number of amides is 1. The summed E-state index contributed by atoms with van der Waals surface area (Å²) in [5.41, 5.74) is 2.27. The zero-order chi connectivity index (χ0) is 14.4. The lowest BCUT2D eigenvalue weighted by atomic mass is 10.1. The van der Waals surface area contributed by atoms with Gasteiger partial charge in [-0.05, 0) is 30.3 Å². The van der Waals surface area contributed by atoms with Crippen LogP contribution in [0.15, 0.2) is 22.7 Å². The van der Waals surface area contributed by atoms with E-state index >= 15 is 0 Å². The molecule has 0 saturated carbocycles. The molecule has 1 N–H and O–H groups in total. The average Bonchev–Trinajstić information content (AvgIpc) is 2.35. The van der Waals surface area contributed by atoms with Crippen molar-refractivity contribution in [2.45, 2.75) is 13.5 Å². The van der Waals surface area contributed by atoms with Gasteiger partial charge in [-0.3, -0.25) is 4.79 Å². The third-order valence-electron chi connectivity index (χ3n) is 2.89. The molecule has 0 spiro atoms. The van der Waals surface area contributed by atoms with Crippen molar-refractivity contribution in [1.29, 1.82) is 0 Å². The number of benzene rings is 1. The Balaban J connectivity index is 2.88. The summed E-state index contributed by atoms with van der Waals surface area (Å²) in [6.07, 6.45) is 0. The fourth-order valence-electron chi connectivity index (χ4n) is 1.76. The number of rotatable bonds is 6. The highest BCUT2D eigenvalue weighted by Crippen LogP contribution is 2.23. The van der Waals surface area contributed by atoms with Gasteiger partial charge >= 0.3 is 0 Å². The van der Waals surface area contributed by atoms with Crippen LogP contribution in [0.3, 0.4) is 0 Å². The van der Waals surface area contributed by atoms with Gasteiger partial charge in [0.25, 0.3) is 0 Å². The Kier molecular flexibility index (Phi) is 6.31. The summed E-state index contributed by atoms with van der Waals surface area (Å²) in [6, 6.07) is 6.13. The Bertz CT molecular complexity index is 435. The Morgan fingerprint density at radius 1 is 1.32 bits per heavy atom. The monoisotopic (exact) mass is 327 g/mol. The zero-order valence-corrected chi connectivity index (χ0v) is 13.6. The van der Waals surface area contributed by atoms with Crippen LogP contribution in [0.2, 0.25) is 0 Å². The molecule has 1 aromatic rings. The number of nitrogens with zero attached hydrogens (tertiary/aromatic N) is 2. The average molecular weight is 328 g/mol. The SMILES string of the molecule is CCNCc1cc(Br)ccc1N(C)CC(=O)N(C)C. The van der Waals surface area contributed by atoms with Crippen molar-refractivity contribution in [3.63, 3.8) is 0 Å². The normalized spacial score (nSPS) is 10.4. The van der Waals surface area contributed by atoms with Gasteiger partial charge in [-0.15, -0.1) is 0 Å². The highest BCUT2D eigenvalue weighted by Gasteiger charge is 2.12. The van der Waals surface area contributed by atoms with Crippen LogP contribution >= 0.6 is 15.9 Å². The summed E-state index contributed by atoms with van der Waals surface area (Å²) in [5, 5.41) is 3.32. The molecule has 0 atom stereocenters. The maximum Gasteiger partial charge on any atom is 0.241 e. The second-order valence-corrected chi connectivity index (χ2v) is 5.61. The molecule has 0 bridgehead atoms. The van der Waals surface area contributed by atoms with Gasteiger partial charge in [0.2, 0.25) is 5.91 Å². The first-order valence-corrected chi connectivity index (χ1v) is 7.15. The van der Waals surface area contributed by atoms with Crippen LogP contribution < -0.4 is 10.2 Å². The molecule has 0 heterocycles. The number of hydrogen-bond donors (Lipinski definition) is 1. The van der Waals surface area contributed by atoms with E-state index < -0.39 is 0 Å². The van der Waals surface area contributed by atoms with Gasteiger partial charge < -0.3 is 15.1 Å². The maximum absolute atomic E-state index is 11.8. The number of halogens is 1. The number of likely N-dealkylation sites (N-methyl/N-ethyl adjacent to an activating group) is 2. The van der Waals surface area contributed by atoms with E-state index in [1.54, 1.807) is 19.0 Å². The van der Waals surface area contributed by atoms with E-state index in [0.29, 0.717) is 6.54 Å². The molecule has 0 aliphatic carbocycles. The highest BCUT2D eigenvalue weighted by molar-refractivity contribution is 9.10. The molecule has 1 rings (SSSR count). The van der Waals surface area contributed by atoms with Crippen molar-refractivity contribution in [2.75, 3.05) is 39.1 Å². The Morgan fingerprint density at radius 3 is 2.58 bits per heavy atom. The van der Waals surface area contributed by atoms with Crippen LogP contribution in [0.5, 0.6) is 0 Å². The number of carbonyl (C=O) groups is 1. The lowest BCUT2D eigenvalue weighted by molar-refractivity contribution is -0.127. The van der Waals surface area contributed by atoms with E-state index in [9.17, 15) is 4.79 Å². The van der Waals surface area contributed by atoms with Crippen molar-refractivity contribution >= 4 is 27.5 Å². The van der Waals surface area contributed by atoms with Gasteiger partial charge in [0.15, 0.2) is 0 Å². The molecule has 0 aromatic heterocycles. The minimum atomic E-state index is 0.0971. The quantitative estimate of drug-likeness (QED) is 0.869. The first-order chi connectivity index (χ1) is 8.95. The van der Waals surface area contributed by atoms with Crippen molar-refractivity contribution in [3.05, 3.63) is 28.2 Å². The van der Waals surface area contributed by atoms with Crippen molar-refractivity contribution < 1.29 is 4.79 Å². The number of anilines is 1. The van der Waals surface area contributed by atoms with E-state index in [0.717, 1.165) is 23.2 Å². The molecule has 19 heavy (non-hydrogen) atoms. The molecule has 0 aliphatic heterocycles. The van der Waals surface area contributed by atoms with Gasteiger partial charge in [-0.2, -0.15) is 0 Å². The van der Waals surface area contributed by atoms with Gasteiger partial charge in [-0.1, -0.05) is 22.9 Å². The topological polar surface area (TPSA) is 35.6 Å². The minimum Gasteiger partial charge on any atom is -0.365 e. The predicted octanol–water partition coefficient (Wildman–Crippen LogP) is 2.08. The Labute approximate surface area is 123 Å². The molecular formula is C14H22BrN3O. The van der Waals surface area contributed by atoms with Gasteiger partial charge in [0, 0.05) is 37.8 Å². The van der Waals surface area contributed by atoms with E-state index in [-0.39, 0.29) is 5.91 Å². The van der Waals surface area contributed by atoms with Crippen LogP contribution in [0, 0.1) is 0 Å². The highest BCUT2D eigenvalue weighted by atomic mass is 79.9. The maximum atomic E-state index is 11.8. The summed E-state index contributed by atoms with van der Waals surface area (Å²) >= 11 is 3.49. The second-order valence-electron chi connectivity index (χ2n) is 4.70. The predicted molar refractivity (Wildman–Crippen MR) is 83.5 cm³/mol. The second kappa shape index (κ2) is 7.50. The lowest BCUT2D eigenvalue weighted by Gasteiger charge is -2.24. The summed E-state index contributed by atoms with van der Waals surface area (Å²) < 4.78 is 1.05. The third-order valence-corrected chi connectivity index (χ3v) is 3.38. The molecule has 0 aliphatic rings. The van der Waals surface area contributed by atoms with Crippen LogP contribution in [-0.4, -0.2) is 45.0 Å². The largest absolute Gasteiger partial charge is 0.365 e.